The molecule has 0 saturated heterocycles. The maximum Gasteiger partial charge on any atom is 0.255 e. The van der Waals surface area contributed by atoms with Crippen molar-refractivity contribution in [2.75, 3.05) is 0 Å². The van der Waals surface area contributed by atoms with Crippen molar-refractivity contribution >= 4 is 34.8 Å². The quantitative estimate of drug-likeness (QED) is 0.464. The summed E-state index contributed by atoms with van der Waals surface area (Å²) in [6.07, 6.45) is -3.04. The second kappa shape index (κ2) is 10.2. The van der Waals surface area contributed by atoms with Crippen LogP contribution in [-0.4, -0.2) is 44.1 Å². The Bertz CT molecular complexity index is 1210. The fourth-order valence-corrected chi connectivity index (χ4v) is 5.00. The highest BCUT2D eigenvalue weighted by Gasteiger charge is 2.35. The first-order valence-electron chi connectivity index (χ1n) is 10.9. The van der Waals surface area contributed by atoms with Crippen LogP contribution in [0.3, 0.4) is 0 Å². The van der Waals surface area contributed by atoms with E-state index in [1.807, 2.05) is 17.5 Å². The first kappa shape index (κ1) is 24.3. The zero-order valence-electron chi connectivity index (χ0n) is 18.9. The Morgan fingerprint density at radius 2 is 1.82 bits per heavy atom. The minimum atomic E-state index is -1.88. The number of amides is 2. The van der Waals surface area contributed by atoms with Gasteiger partial charge in [-0.05, 0) is 53.8 Å². The molecule has 3 N–H and O–H groups in total. The number of benzene rings is 2. The molecule has 2 amide bonds. The number of fused-ring (bicyclic) bond motifs is 1. The lowest BCUT2D eigenvalue weighted by Crippen LogP contribution is -2.49. The van der Waals surface area contributed by atoms with E-state index in [1.54, 1.807) is 12.1 Å². The van der Waals surface area contributed by atoms with Crippen LogP contribution in [0.25, 0.3) is 0 Å². The molecule has 1 aliphatic rings. The van der Waals surface area contributed by atoms with Crippen LogP contribution in [0.2, 0.25) is 5.02 Å². The first-order valence-corrected chi connectivity index (χ1v) is 12.2. The van der Waals surface area contributed by atoms with Gasteiger partial charge in [-0.3, -0.25) is 9.59 Å². The van der Waals surface area contributed by atoms with Crippen LogP contribution in [0.4, 0.5) is 0 Å². The molecule has 2 heterocycles. The van der Waals surface area contributed by atoms with E-state index >= 15 is 0 Å². The highest BCUT2D eigenvalue weighted by Crippen LogP contribution is 2.26. The van der Waals surface area contributed by atoms with E-state index in [9.17, 15) is 19.8 Å². The standard InChI is InChI=1S/C25H26ClN3O4S/c1-14-4-3-5-15(2)20(14)9-19-13-34-21(28-19)10-27-24(32)22(30)23(31)25(33)29-11-16-6-7-18(26)8-17(16)12-29/h3-8,13,22-23,30-31H,9-12H2,1-2H3,(H,27,32)/t22?,23-/m1/s1. The number of aromatic nitrogens is 1. The van der Waals surface area contributed by atoms with Crippen molar-refractivity contribution in [3.63, 3.8) is 0 Å². The van der Waals surface area contributed by atoms with Gasteiger partial charge in [0.2, 0.25) is 0 Å². The number of nitrogens with zero attached hydrogens (tertiary/aromatic N) is 2. The summed E-state index contributed by atoms with van der Waals surface area (Å²) in [5, 5.41) is 26.3. The number of halogens is 1. The lowest BCUT2D eigenvalue weighted by atomic mass is 9.99. The molecule has 0 spiro atoms. The van der Waals surface area contributed by atoms with Gasteiger partial charge in [0.1, 0.15) is 5.01 Å². The van der Waals surface area contributed by atoms with E-state index in [1.165, 1.54) is 32.9 Å². The van der Waals surface area contributed by atoms with E-state index in [0.717, 1.165) is 16.8 Å². The molecule has 34 heavy (non-hydrogen) atoms. The number of aryl methyl sites for hydroxylation is 2. The average molecular weight is 500 g/mol. The normalized spacial score (nSPS) is 14.6. The molecule has 0 aliphatic carbocycles. The fourth-order valence-electron chi connectivity index (χ4n) is 4.07. The number of carbonyl (C=O) groups is 2. The Labute approximate surface area is 207 Å². The molecule has 9 heteroatoms. The predicted octanol–water partition coefficient (Wildman–Crippen LogP) is 2.88. The second-order valence-electron chi connectivity index (χ2n) is 8.49. The van der Waals surface area contributed by atoms with Crippen molar-refractivity contribution in [1.82, 2.24) is 15.2 Å². The Hall–Kier alpha value is -2.78. The number of aliphatic hydroxyl groups excluding tert-OH is 2. The summed E-state index contributed by atoms with van der Waals surface area (Å²) in [7, 11) is 0. The molecular formula is C25H26ClN3O4S. The van der Waals surface area contributed by atoms with Gasteiger partial charge in [0, 0.05) is 29.9 Å². The molecule has 1 aliphatic heterocycles. The summed E-state index contributed by atoms with van der Waals surface area (Å²) in [6, 6.07) is 11.5. The molecule has 3 aromatic rings. The van der Waals surface area contributed by atoms with Crippen LogP contribution in [0.1, 0.15) is 38.5 Å². The monoisotopic (exact) mass is 499 g/mol. The minimum absolute atomic E-state index is 0.0991. The van der Waals surface area contributed by atoms with Crippen LogP contribution in [0.5, 0.6) is 0 Å². The number of rotatable bonds is 7. The Morgan fingerprint density at radius 1 is 1.12 bits per heavy atom. The van der Waals surface area contributed by atoms with Gasteiger partial charge >= 0.3 is 0 Å². The molecular weight excluding hydrogens is 474 g/mol. The van der Waals surface area contributed by atoms with Gasteiger partial charge in [-0.1, -0.05) is 35.9 Å². The summed E-state index contributed by atoms with van der Waals surface area (Å²) in [4.78, 5) is 31.0. The smallest absolute Gasteiger partial charge is 0.255 e. The zero-order chi connectivity index (χ0) is 24.4. The van der Waals surface area contributed by atoms with Crippen molar-refractivity contribution < 1.29 is 19.8 Å². The van der Waals surface area contributed by atoms with Crippen LogP contribution in [0, 0.1) is 13.8 Å². The van der Waals surface area contributed by atoms with Crippen LogP contribution < -0.4 is 5.32 Å². The van der Waals surface area contributed by atoms with Crippen LogP contribution >= 0.6 is 22.9 Å². The largest absolute Gasteiger partial charge is 0.380 e. The molecule has 0 bridgehead atoms. The number of carbonyl (C=O) groups excluding carboxylic acids is 2. The third-order valence-electron chi connectivity index (χ3n) is 6.04. The van der Waals surface area contributed by atoms with E-state index in [2.05, 4.69) is 36.3 Å². The van der Waals surface area contributed by atoms with E-state index < -0.39 is 24.0 Å². The van der Waals surface area contributed by atoms with Crippen molar-refractivity contribution in [2.24, 2.45) is 0 Å². The number of thiazole rings is 1. The van der Waals surface area contributed by atoms with Crippen molar-refractivity contribution in [1.29, 1.82) is 0 Å². The van der Waals surface area contributed by atoms with E-state index in [4.69, 9.17) is 11.6 Å². The second-order valence-corrected chi connectivity index (χ2v) is 9.87. The van der Waals surface area contributed by atoms with Crippen LogP contribution in [-0.2, 0) is 35.6 Å². The average Bonchev–Trinajstić information content (AvgIpc) is 3.44. The molecule has 1 unspecified atom stereocenters. The number of nitrogens with one attached hydrogen (secondary N) is 1. The van der Waals surface area contributed by atoms with Gasteiger partial charge in [0.25, 0.3) is 11.8 Å². The third kappa shape index (κ3) is 5.31. The molecule has 4 rings (SSSR count). The van der Waals surface area contributed by atoms with Gasteiger partial charge in [-0.25, -0.2) is 4.98 Å². The third-order valence-corrected chi connectivity index (χ3v) is 7.17. The Kier molecular flexibility index (Phi) is 7.33. The SMILES string of the molecule is Cc1cccc(C)c1Cc1csc(CNC(=O)C(O)[C@@H](O)C(=O)N2Cc3ccc(Cl)cc3C2)n1. The molecule has 0 radical (unpaired) electrons. The molecule has 2 atom stereocenters. The number of hydrogen-bond acceptors (Lipinski definition) is 6. The number of aliphatic hydroxyl groups is 2. The van der Waals surface area contributed by atoms with E-state index in [-0.39, 0.29) is 13.1 Å². The minimum Gasteiger partial charge on any atom is -0.380 e. The highest BCUT2D eigenvalue weighted by atomic mass is 35.5. The summed E-state index contributed by atoms with van der Waals surface area (Å²) in [5.41, 5.74) is 6.34. The van der Waals surface area contributed by atoms with Gasteiger partial charge in [0.15, 0.2) is 12.2 Å². The van der Waals surface area contributed by atoms with Gasteiger partial charge in [-0.15, -0.1) is 11.3 Å². The lowest BCUT2D eigenvalue weighted by molar-refractivity contribution is -0.153. The van der Waals surface area contributed by atoms with Crippen molar-refractivity contribution in [3.05, 3.63) is 85.3 Å². The van der Waals surface area contributed by atoms with E-state index in [0.29, 0.717) is 23.0 Å². The van der Waals surface area contributed by atoms with Gasteiger partial charge < -0.3 is 20.4 Å². The maximum absolute atomic E-state index is 12.6. The summed E-state index contributed by atoms with van der Waals surface area (Å²) < 4.78 is 0. The molecule has 178 valence electrons. The van der Waals surface area contributed by atoms with Crippen LogP contribution in [0.15, 0.2) is 41.8 Å². The van der Waals surface area contributed by atoms with Crippen molar-refractivity contribution in [3.8, 4) is 0 Å². The molecule has 0 saturated carbocycles. The Balaban J connectivity index is 1.30. The number of hydrogen-bond donors (Lipinski definition) is 3. The maximum atomic E-state index is 12.6. The zero-order valence-corrected chi connectivity index (χ0v) is 20.5. The summed E-state index contributed by atoms with van der Waals surface area (Å²) in [6.45, 7) is 4.79. The topological polar surface area (TPSA) is 103 Å². The molecule has 2 aromatic carbocycles. The molecule has 1 aromatic heterocycles. The fraction of sp³-hybridized carbons (Fsp3) is 0.320. The van der Waals surface area contributed by atoms with Crippen molar-refractivity contribution in [2.45, 2.75) is 52.1 Å². The molecule has 0 fully saturated rings. The molecule has 7 nitrogen and oxygen atoms in total. The Morgan fingerprint density at radius 3 is 2.56 bits per heavy atom. The highest BCUT2D eigenvalue weighted by molar-refractivity contribution is 7.09. The van der Waals surface area contributed by atoms with Gasteiger partial charge in [-0.2, -0.15) is 0 Å². The summed E-state index contributed by atoms with van der Waals surface area (Å²) >= 11 is 7.40. The summed E-state index contributed by atoms with van der Waals surface area (Å²) in [5.74, 6) is -1.53. The lowest BCUT2D eigenvalue weighted by Gasteiger charge is -2.22. The first-order chi connectivity index (χ1) is 16.2. The van der Waals surface area contributed by atoms with Gasteiger partial charge in [0.05, 0.1) is 12.2 Å². The predicted molar refractivity (Wildman–Crippen MR) is 130 cm³/mol.